The summed E-state index contributed by atoms with van der Waals surface area (Å²) in [5.74, 6) is 0.152. The molecule has 10 heteroatoms. The number of para-hydroxylation sites is 1. The Bertz CT molecular complexity index is 1620. The smallest absolute Gasteiger partial charge is 0.336 e. The molecule has 0 saturated heterocycles. The van der Waals surface area contributed by atoms with E-state index in [0.717, 1.165) is 16.6 Å². The van der Waals surface area contributed by atoms with Crippen LogP contribution in [0.5, 0.6) is 0 Å². The Morgan fingerprint density at radius 3 is 2.73 bits per heavy atom. The van der Waals surface area contributed by atoms with Gasteiger partial charge in [-0.25, -0.2) is 14.5 Å². The number of hydrogen-bond acceptors (Lipinski definition) is 7. The predicted octanol–water partition coefficient (Wildman–Crippen LogP) is 3.47. The fourth-order valence-electron chi connectivity index (χ4n) is 3.50. The lowest BCUT2D eigenvalue weighted by atomic mass is 10.1. The monoisotopic (exact) mass is 459 g/mol. The molecule has 3 heterocycles. The Morgan fingerprint density at radius 2 is 1.94 bits per heavy atom. The average Bonchev–Trinajstić information content (AvgIpc) is 3.22. The maximum atomic E-state index is 12.6. The molecule has 0 aliphatic rings. The Balaban J connectivity index is 1.49. The van der Waals surface area contributed by atoms with Gasteiger partial charge in [0.25, 0.3) is 5.56 Å². The van der Waals surface area contributed by atoms with Gasteiger partial charge in [0.2, 0.25) is 5.91 Å². The number of benzene rings is 2. The van der Waals surface area contributed by atoms with Crippen LogP contribution in [0.2, 0.25) is 0 Å². The van der Waals surface area contributed by atoms with Crippen LogP contribution >= 0.6 is 11.8 Å². The van der Waals surface area contributed by atoms with Crippen LogP contribution in [-0.2, 0) is 10.5 Å². The predicted molar refractivity (Wildman–Crippen MR) is 126 cm³/mol. The van der Waals surface area contributed by atoms with E-state index in [0.29, 0.717) is 33.2 Å². The van der Waals surface area contributed by atoms with E-state index in [1.54, 1.807) is 22.9 Å². The first kappa shape index (κ1) is 20.7. The average molecular weight is 459 g/mol. The molecule has 0 unspecified atom stereocenters. The number of carbonyl (C=O) groups excluding carboxylic acids is 1. The minimum atomic E-state index is -0.503. The fraction of sp³-hybridized carbons (Fsp3) is 0.0870. The number of aromatic nitrogens is 4. The molecule has 3 aromatic heterocycles. The van der Waals surface area contributed by atoms with Crippen LogP contribution in [0.15, 0.2) is 80.0 Å². The van der Waals surface area contributed by atoms with E-state index < -0.39 is 5.63 Å². The largest absolute Gasteiger partial charge is 0.423 e. The summed E-state index contributed by atoms with van der Waals surface area (Å²) in [6, 6.07) is 16.0. The summed E-state index contributed by atoms with van der Waals surface area (Å²) in [7, 11) is 0. The van der Waals surface area contributed by atoms with Gasteiger partial charge in [-0.05, 0) is 29.8 Å². The first-order chi connectivity index (χ1) is 16.0. The van der Waals surface area contributed by atoms with Crippen molar-refractivity contribution in [1.82, 2.24) is 19.7 Å². The van der Waals surface area contributed by atoms with Gasteiger partial charge in [-0.15, -0.1) is 0 Å². The van der Waals surface area contributed by atoms with Crippen LogP contribution in [0.25, 0.3) is 27.7 Å². The third-order valence-corrected chi connectivity index (χ3v) is 5.85. The highest BCUT2D eigenvalue weighted by molar-refractivity contribution is 7.98. The van der Waals surface area contributed by atoms with E-state index in [2.05, 4.69) is 20.4 Å². The highest BCUT2D eigenvalue weighted by Crippen LogP contribution is 2.27. The summed E-state index contributed by atoms with van der Waals surface area (Å²) in [6.45, 7) is 1.40. The number of hydrogen-bond donors (Lipinski definition) is 2. The number of amides is 1. The molecule has 164 valence electrons. The zero-order chi connectivity index (χ0) is 22.9. The van der Waals surface area contributed by atoms with Crippen molar-refractivity contribution in [1.29, 1.82) is 0 Å². The zero-order valence-electron chi connectivity index (χ0n) is 17.4. The molecule has 5 aromatic rings. The van der Waals surface area contributed by atoms with Gasteiger partial charge in [0.15, 0.2) is 10.8 Å². The molecule has 2 N–H and O–H groups in total. The zero-order valence-corrected chi connectivity index (χ0v) is 18.2. The van der Waals surface area contributed by atoms with Crippen molar-refractivity contribution < 1.29 is 9.21 Å². The third-order valence-electron chi connectivity index (χ3n) is 4.93. The summed E-state index contributed by atoms with van der Waals surface area (Å²) in [6.07, 6.45) is 1.49. The number of rotatable bonds is 5. The first-order valence-corrected chi connectivity index (χ1v) is 11.0. The van der Waals surface area contributed by atoms with Gasteiger partial charge in [0, 0.05) is 35.9 Å². The summed E-state index contributed by atoms with van der Waals surface area (Å²) >= 11 is 1.29. The number of thioether (sulfide) groups is 1. The molecule has 0 spiro atoms. The molecule has 0 radical (unpaired) electrons. The SMILES string of the molecule is CC(=O)Nc1ccc2c(CSc3nc4c(cnn4-c4ccccc4)c(=O)[nH]3)cc(=O)oc2c1. The molecule has 0 aliphatic heterocycles. The minimum Gasteiger partial charge on any atom is -0.423 e. The summed E-state index contributed by atoms with van der Waals surface area (Å²) < 4.78 is 6.92. The van der Waals surface area contributed by atoms with E-state index in [1.165, 1.54) is 30.9 Å². The highest BCUT2D eigenvalue weighted by Gasteiger charge is 2.13. The number of nitrogens with zero attached hydrogens (tertiary/aromatic N) is 3. The molecule has 2 aromatic carbocycles. The van der Waals surface area contributed by atoms with Crippen LogP contribution in [0.1, 0.15) is 12.5 Å². The lowest BCUT2D eigenvalue weighted by Gasteiger charge is -2.08. The number of fused-ring (bicyclic) bond motifs is 2. The second kappa shape index (κ2) is 8.40. The van der Waals surface area contributed by atoms with Gasteiger partial charge in [-0.1, -0.05) is 30.0 Å². The van der Waals surface area contributed by atoms with E-state index in [4.69, 9.17) is 4.42 Å². The molecule has 9 nitrogen and oxygen atoms in total. The standard InChI is InChI=1S/C23H17N5O4S/c1-13(29)25-15-7-8-17-14(9-20(30)32-19(17)10-15)12-33-23-26-21-18(22(31)27-23)11-24-28(21)16-5-3-2-4-6-16/h2-11H,12H2,1H3,(H,25,29)(H,26,27,31). The maximum Gasteiger partial charge on any atom is 0.336 e. The molecule has 0 fully saturated rings. The number of nitrogens with one attached hydrogen (secondary N) is 2. The second-order valence-corrected chi connectivity index (χ2v) is 8.24. The van der Waals surface area contributed by atoms with Crippen LogP contribution in [0.3, 0.4) is 0 Å². The van der Waals surface area contributed by atoms with Crippen LogP contribution in [0.4, 0.5) is 5.69 Å². The minimum absolute atomic E-state index is 0.219. The van der Waals surface area contributed by atoms with Crippen LogP contribution in [0, 0.1) is 0 Å². The molecule has 0 atom stereocenters. The highest BCUT2D eigenvalue weighted by atomic mass is 32.2. The van der Waals surface area contributed by atoms with Gasteiger partial charge < -0.3 is 14.7 Å². The van der Waals surface area contributed by atoms with E-state index in [1.807, 2.05) is 30.3 Å². The molecule has 5 rings (SSSR count). The fourth-order valence-corrected chi connectivity index (χ4v) is 4.35. The Morgan fingerprint density at radius 1 is 1.12 bits per heavy atom. The lowest BCUT2D eigenvalue weighted by molar-refractivity contribution is -0.114. The van der Waals surface area contributed by atoms with Crippen molar-refractivity contribution in [2.45, 2.75) is 17.8 Å². The van der Waals surface area contributed by atoms with Gasteiger partial charge in [-0.2, -0.15) is 5.10 Å². The van der Waals surface area contributed by atoms with Crippen LogP contribution in [-0.4, -0.2) is 25.7 Å². The van der Waals surface area contributed by atoms with Crippen molar-refractivity contribution in [3.05, 3.63) is 87.1 Å². The van der Waals surface area contributed by atoms with Crippen molar-refractivity contribution in [2.24, 2.45) is 0 Å². The Hall–Kier alpha value is -4.18. The number of carbonyl (C=O) groups is 1. The number of H-pyrrole nitrogens is 1. The van der Waals surface area contributed by atoms with Crippen molar-refractivity contribution >= 4 is 45.4 Å². The third kappa shape index (κ3) is 4.15. The molecule has 0 bridgehead atoms. The second-order valence-electron chi connectivity index (χ2n) is 7.27. The lowest BCUT2D eigenvalue weighted by Crippen LogP contribution is -2.10. The summed E-state index contributed by atoms with van der Waals surface area (Å²) in [5.41, 5.74) is 2.07. The summed E-state index contributed by atoms with van der Waals surface area (Å²) in [5, 5.41) is 8.50. The van der Waals surface area contributed by atoms with E-state index in [-0.39, 0.29) is 11.5 Å². The number of aromatic amines is 1. The molecular formula is C23H17N5O4S. The maximum absolute atomic E-state index is 12.6. The Labute approximate surface area is 190 Å². The first-order valence-electron chi connectivity index (χ1n) is 9.98. The molecule has 0 aliphatic carbocycles. The van der Waals surface area contributed by atoms with Gasteiger partial charge in [0.05, 0.1) is 11.9 Å². The summed E-state index contributed by atoms with van der Waals surface area (Å²) in [4.78, 5) is 43.4. The van der Waals surface area contributed by atoms with Crippen LogP contribution < -0.4 is 16.5 Å². The van der Waals surface area contributed by atoms with Gasteiger partial charge in [0.1, 0.15) is 11.0 Å². The van der Waals surface area contributed by atoms with Gasteiger partial charge >= 0.3 is 5.63 Å². The van der Waals surface area contributed by atoms with Crippen molar-refractivity contribution in [3.63, 3.8) is 0 Å². The van der Waals surface area contributed by atoms with Gasteiger partial charge in [-0.3, -0.25) is 9.59 Å². The van der Waals surface area contributed by atoms with Crippen molar-refractivity contribution in [2.75, 3.05) is 5.32 Å². The molecule has 33 heavy (non-hydrogen) atoms. The van der Waals surface area contributed by atoms with Crippen molar-refractivity contribution in [3.8, 4) is 5.69 Å². The Kier molecular flexibility index (Phi) is 5.27. The van der Waals surface area contributed by atoms with E-state index in [9.17, 15) is 14.4 Å². The number of anilines is 1. The topological polar surface area (TPSA) is 123 Å². The molecule has 0 saturated carbocycles. The normalized spacial score (nSPS) is 11.2. The molecular weight excluding hydrogens is 442 g/mol. The van der Waals surface area contributed by atoms with E-state index >= 15 is 0 Å². The molecule has 1 amide bonds. The quantitative estimate of drug-likeness (QED) is 0.234.